The first-order valence-corrected chi connectivity index (χ1v) is 5.72. The Balaban J connectivity index is 2.75. The van der Waals surface area contributed by atoms with Gasteiger partial charge in [-0.15, -0.1) is 0 Å². The highest BCUT2D eigenvalue weighted by Gasteiger charge is 2.13. The van der Waals surface area contributed by atoms with Gasteiger partial charge < -0.3 is 10.5 Å². The molecule has 0 aromatic heterocycles. The summed E-state index contributed by atoms with van der Waals surface area (Å²) in [4.78, 5) is 11.6. The van der Waals surface area contributed by atoms with Gasteiger partial charge in [-0.3, -0.25) is 4.79 Å². The van der Waals surface area contributed by atoms with E-state index >= 15 is 0 Å². The Morgan fingerprint density at radius 1 is 1.61 bits per heavy atom. The molecule has 94 valence electrons. The van der Waals surface area contributed by atoms with Crippen LogP contribution >= 0.6 is 15.9 Å². The first kappa shape index (κ1) is 14.2. The van der Waals surface area contributed by atoms with E-state index in [1.165, 1.54) is 19.1 Å². The number of carbonyl (C=O) groups is 1. The van der Waals surface area contributed by atoms with Crippen molar-refractivity contribution >= 4 is 21.7 Å². The lowest BCUT2D eigenvalue weighted by Gasteiger charge is -2.06. The second-order valence-electron chi connectivity index (χ2n) is 3.46. The third-order valence-electron chi connectivity index (χ3n) is 2.04. The van der Waals surface area contributed by atoms with Gasteiger partial charge >= 0.3 is 0 Å². The Labute approximate surface area is 112 Å². The molecule has 0 bridgehead atoms. The molecule has 2 N–H and O–H groups in total. The van der Waals surface area contributed by atoms with Gasteiger partial charge in [0, 0.05) is 10.2 Å². The van der Waals surface area contributed by atoms with E-state index in [-0.39, 0.29) is 17.0 Å². The molecular formula is C12H10BrFN2O2. The van der Waals surface area contributed by atoms with Gasteiger partial charge in [0.15, 0.2) is 18.2 Å². The summed E-state index contributed by atoms with van der Waals surface area (Å²) in [6, 6.07) is 5.87. The molecule has 0 fully saturated rings. The molecule has 0 radical (unpaired) electrons. The fourth-order valence-electron chi connectivity index (χ4n) is 1.18. The molecule has 0 aliphatic heterocycles. The van der Waals surface area contributed by atoms with E-state index in [4.69, 9.17) is 15.7 Å². The van der Waals surface area contributed by atoms with Crippen molar-refractivity contribution in [2.24, 2.45) is 5.73 Å². The minimum absolute atomic E-state index is 0.0569. The van der Waals surface area contributed by atoms with Crippen molar-refractivity contribution in [1.82, 2.24) is 0 Å². The van der Waals surface area contributed by atoms with Crippen LogP contribution in [0.5, 0.6) is 5.75 Å². The fourth-order valence-corrected chi connectivity index (χ4v) is 1.51. The smallest absolute Gasteiger partial charge is 0.212 e. The zero-order valence-corrected chi connectivity index (χ0v) is 11.1. The van der Waals surface area contributed by atoms with Gasteiger partial charge in [-0.25, -0.2) is 4.39 Å². The maximum atomic E-state index is 13.4. The molecule has 0 spiro atoms. The number of benzene rings is 1. The number of allylic oxidation sites excluding steroid dienone is 1. The minimum Gasteiger partial charge on any atom is -0.482 e. The van der Waals surface area contributed by atoms with Gasteiger partial charge in [-0.05, 0) is 25.1 Å². The van der Waals surface area contributed by atoms with Crippen molar-refractivity contribution in [2.45, 2.75) is 6.92 Å². The molecule has 1 aromatic carbocycles. The van der Waals surface area contributed by atoms with Crippen LogP contribution in [-0.4, -0.2) is 12.4 Å². The highest BCUT2D eigenvalue weighted by Crippen LogP contribution is 2.21. The highest BCUT2D eigenvalue weighted by molar-refractivity contribution is 9.10. The van der Waals surface area contributed by atoms with Crippen LogP contribution in [0.25, 0.3) is 0 Å². The monoisotopic (exact) mass is 312 g/mol. The second kappa shape index (κ2) is 6.17. The molecule has 0 atom stereocenters. The van der Waals surface area contributed by atoms with Gasteiger partial charge in [-0.2, -0.15) is 5.26 Å². The minimum atomic E-state index is -0.593. The molecule has 0 unspecified atom stereocenters. The SMILES string of the molecule is CC(N)=C(C#N)C(=O)COc1ccc(Br)cc1F. The molecule has 6 heteroatoms. The van der Waals surface area contributed by atoms with E-state index in [1.54, 1.807) is 12.1 Å². The van der Waals surface area contributed by atoms with Crippen molar-refractivity contribution < 1.29 is 13.9 Å². The molecule has 1 aromatic rings. The zero-order valence-electron chi connectivity index (χ0n) is 9.54. The van der Waals surface area contributed by atoms with Crippen LogP contribution in [0.2, 0.25) is 0 Å². The molecule has 0 saturated carbocycles. The quantitative estimate of drug-likeness (QED) is 0.683. The Bertz CT molecular complexity index is 545. The summed E-state index contributed by atoms with van der Waals surface area (Å²) < 4.78 is 18.9. The summed E-state index contributed by atoms with van der Waals surface area (Å²) in [6.07, 6.45) is 0. The number of nitriles is 1. The standard InChI is InChI=1S/C12H10BrFN2O2/c1-7(16)9(5-15)11(17)6-18-12-3-2-8(13)4-10(12)14/h2-4H,6,16H2,1H3. The van der Waals surface area contributed by atoms with Crippen molar-refractivity contribution in [2.75, 3.05) is 6.61 Å². The number of ether oxygens (including phenoxy) is 1. The predicted molar refractivity (Wildman–Crippen MR) is 67.1 cm³/mol. The van der Waals surface area contributed by atoms with Crippen molar-refractivity contribution in [3.8, 4) is 11.8 Å². The van der Waals surface area contributed by atoms with E-state index in [0.717, 1.165) is 0 Å². The van der Waals surface area contributed by atoms with Crippen molar-refractivity contribution in [3.63, 3.8) is 0 Å². The van der Waals surface area contributed by atoms with Crippen molar-refractivity contribution in [3.05, 3.63) is 39.8 Å². The number of halogens is 2. The number of nitrogens with two attached hydrogens (primary N) is 1. The predicted octanol–water partition coefficient (Wildman–Crippen LogP) is 2.29. The van der Waals surface area contributed by atoms with Crippen LogP contribution in [0.4, 0.5) is 4.39 Å². The third-order valence-corrected chi connectivity index (χ3v) is 2.53. The first-order valence-electron chi connectivity index (χ1n) is 4.93. The van der Waals surface area contributed by atoms with Crippen LogP contribution in [0.3, 0.4) is 0 Å². The third kappa shape index (κ3) is 3.57. The second-order valence-corrected chi connectivity index (χ2v) is 4.37. The van der Waals surface area contributed by atoms with E-state index in [9.17, 15) is 9.18 Å². The Morgan fingerprint density at radius 3 is 2.78 bits per heavy atom. The highest BCUT2D eigenvalue weighted by atomic mass is 79.9. The molecule has 4 nitrogen and oxygen atoms in total. The normalized spacial score (nSPS) is 11.4. The summed E-state index contributed by atoms with van der Waals surface area (Å²) >= 11 is 3.10. The lowest BCUT2D eigenvalue weighted by molar-refractivity contribution is -0.117. The number of hydrogen-bond acceptors (Lipinski definition) is 4. The molecule has 1 rings (SSSR count). The zero-order chi connectivity index (χ0) is 13.7. The maximum absolute atomic E-state index is 13.4. The summed E-state index contributed by atoms with van der Waals surface area (Å²) in [6.45, 7) is 1.01. The van der Waals surface area contributed by atoms with Gasteiger partial charge in [0.1, 0.15) is 11.6 Å². The molecule has 0 aliphatic rings. The van der Waals surface area contributed by atoms with Crippen LogP contribution in [0.15, 0.2) is 33.9 Å². The van der Waals surface area contributed by atoms with Crippen LogP contribution < -0.4 is 10.5 Å². The summed E-state index contributed by atoms with van der Waals surface area (Å²) in [5.74, 6) is -1.23. The van der Waals surface area contributed by atoms with Crippen LogP contribution in [0.1, 0.15) is 6.92 Å². The number of Topliss-reactive ketones (excluding diaryl/α,β-unsaturated/α-hetero) is 1. The molecule has 0 heterocycles. The maximum Gasteiger partial charge on any atom is 0.212 e. The van der Waals surface area contributed by atoms with E-state index in [2.05, 4.69) is 15.9 Å². The first-order chi connectivity index (χ1) is 8.45. The van der Waals surface area contributed by atoms with Gasteiger partial charge in [0.2, 0.25) is 5.78 Å². The fraction of sp³-hybridized carbons (Fsp3) is 0.167. The van der Waals surface area contributed by atoms with E-state index in [0.29, 0.717) is 4.47 Å². The molecule has 0 amide bonds. The average Bonchev–Trinajstić information content (AvgIpc) is 2.28. The molecule has 0 saturated heterocycles. The summed E-state index contributed by atoms with van der Waals surface area (Å²) in [5, 5.41) is 8.71. The van der Waals surface area contributed by atoms with Crippen molar-refractivity contribution in [1.29, 1.82) is 5.26 Å². The van der Waals surface area contributed by atoms with Gasteiger partial charge in [-0.1, -0.05) is 15.9 Å². The largest absolute Gasteiger partial charge is 0.482 e. The van der Waals surface area contributed by atoms with E-state index < -0.39 is 18.2 Å². The molecule has 0 aliphatic carbocycles. The van der Waals surface area contributed by atoms with Gasteiger partial charge in [0.25, 0.3) is 0 Å². The number of hydrogen-bond donors (Lipinski definition) is 1. The number of rotatable bonds is 4. The Kier molecular flexibility index (Phi) is 4.86. The Morgan fingerprint density at radius 2 is 2.28 bits per heavy atom. The number of nitrogens with zero attached hydrogens (tertiary/aromatic N) is 1. The summed E-state index contributed by atoms with van der Waals surface area (Å²) in [7, 11) is 0. The molecular weight excluding hydrogens is 303 g/mol. The Hall–Kier alpha value is -1.87. The lowest BCUT2D eigenvalue weighted by atomic mass is 10.1. The van der Waals surface area contributed by atoms with Gasteiger partial charge in [0.05, 0.1) is 0 Å². The molecule has 18 heavy (non-hydrogen) atoms. The van der Waals surface area contributed by atoms with Crippen LogP contribution in [-0.2, 0) is 4.79 Å². The number of carbonyl (C=O) groups excluding carboxylic acids is 1. The number of ketones is 1. The lowest BCUT2D eigenvalue weighted by Crippen LogP contribution is -2.16. The van der Waals surface area contributed by atoms with E-state index in [1.807, 2.05) is 0 Å². The van der Waals surface area contributed by atoms with Crippen LogP contribution in [0, 0.1) is 17.1 Å². The average molecular weight is 313 g/mol. The topological polar surface area (TPSA) is 76.1 Å². The summed E-state index contributed by atoms with van der Waals surface area (Å²) in [5.41, 5.74) is 5.31.